The number of ether oxygens (including phenoxy) is 2. The highest BCUT2D eigenvalue weighted by Crippen LogP contribution is 2.29. The quantitative estimate of drug-likeness (QED) is 0.787. The molecular weight excluding hydrogens is 358 g/mol. The van der Waals surface area contributed by atoms with Crippen LogP contribution in [0.1, 0.15) is 20.8 Å². The summed E-state index contributed by atoms with van der Waals surface area (Å²) in [6.45, 7) is 7.43. The second-order valence-corrected chi connectivity index (χ2v) is 7.46. The van der Waals surface area contributed by atoms with Crippen LogP contribution in [0, 0.1) is 5.92 Å². The van der Waals surface area contributed by atoms with E-state index in [2.05, 4.69) is 15.9 Å². The predicted molar refractivity (Wildman–Crippen MR) is 85.9 cm³/mol. The van der Waals surface area contributed by atoms with Crippen LogP contribution in [0.25, 0.3) is 0 Å². The second kappa shape index (κ2) is 6.44. The maximum absolute atomic E-state index is 11.8. The van der Waals surface area contributed by atoms with Gasteiger partial charge in [0.25, 0.3) is 0 Å². The van der Waals surface area contributed by atoms with Gasteiger partial charge in [-0.2, -0.15) is 0 Å². The molecule has 0 bridgehead atoms. The van der Waals surface area contributed by atoms with Gasteiger partial charge in [-0.25, -0.2) is 4.79 Å². The number of hydrogen-bond acceptors (Lipinski definition) is 3. The van der Waals surface area contributed by atoms with Gasteiger partial charge < -0.3 is 14.4 Å². The van der Waals surface area contributed by atoms with Crippen molar-refractivity contribution in [3.8, 4) is 5.75 Å². The number of hydrogen-bond donors (Lipinski definition) is 0. The predicted octanol–water partition coefficient (Wildman–Crippen LogP) is 4.35. The first kappa shape index (κ1) is 16.4. The lowest BCUT2D eigenvalue weighted by atomic mass is 10.0. The summed E-state index contributed by atoms with van der Waals surface area (Å²) >= 11 is 9.45. The molecule has 1 aromatic carbocycles. The Bertz CT molecular complexity index is 524. The smallest absolute Gasteiger partial charge is 0.410 e. The molecule has 0 saturated carbocycles. The summed E-state index contributed by atoms with van der Waals surface area (Å²) in [6.07, 6.45) is -0.265. The van der Waals surface area contributed by atoms with Crippen LogP contribution in [0.2, 0.25) is 5.02 Å². The number of carbonyl (C=O) groups is 1. The fourth-order valence-electron chi connectivity index (χ4n) is 1.95. The molecule has 0 N–H and O–H groups in total. The molecule has 1 heterocycles. The summed E-state index contributed by atoms with van der Waals surface area (Å²) in [5.74, 6) is 0.967. The van der Waals surface area contributed by atoms with Crippen molar-refractivity contribution in [3.05, 3.63) is 27.7 Å². The van der Waals surface area contributed by atoms with E-state index in [-0.39, 0.29) is 6.09 Å². The Morgan fingerprint density at radius 2 is 2.10 bits per heavy atom. The van der Waals surface area contributed by atoms with Crippen molar-refractivity contribution in [2.24, 2.45) is 5.92 Å². The van der Waals surface area contributed by atoms with Crippen LogP contribution >= 0.6 is 27.5 Å². The van der Waals surface area contributed by atoms with E-state index in [1.807, 2.05) is 32.9 Å². The van der Waals surface area contributed by atoms with Crippen molar-refractivity contribution in [2.45, 2.75) is 26.4 Å². The van der Waals surface area contributed by atoms with Gasteiger partial charge in [-0.15, -0.1) is 0 Å². The highest BCUT2D eigenvalue weighted by molar-refractivity contribution is 9.10. The lowest BCUT2D eigenvalue weighted by Gasteiger charge is -2.39. The molecule has 1 aromatic rings. The van der Waals surface area contributed by atoms with Gasteiger partial charge in [0.05, 0.1) is 11.6 Å². The number of amides is 1. The molecule has 0 aromatic heterocycles. The number of likely N-dealkylation sites (tertiary alicyclic amines) is 1. The van der Waals surface area contributed by atoms with Gasteiger partial charge in [0.2, 0.25) is 0 Å². The summed E-state index contributed by atoms with van der Waals surface area (Å²) in [4.78, 5) is 13.5. The van der Waals surface area contributed by atoms with Crippen LogP contribution in [0.15, 0.2) is 22.7 Å². The van der Waals surface area contributed by atoms with E-state index in [4.69, 9.17) is 21.1 Å². The Balaban J connectivity index is 1.76. The number of carbonyl (C=O) groups excluding carboxylic acids is 1. The SMILES string of the molecule is CC(C)(C)OC(=O)N1CC(COc2cc(Br)ccc2Cl)C1. The molecule has 1 aliphatic rings. The third-order valence-electron chi connectivity index (χ3n) is 2.98. The van der Waals surface area contributed by atoms with Crippen LogP contribution in [-0.2, 0) is 4.74 Å². The number of nitrogens with zero attached hydrogens (tertiary/aromatic N) is 1. The molecule has 1 saturated heterocycles. The first-order chi connectivity index (χ1) is 9.74. The molecule has 116 valence electrons. The zero-order valence-corrected chi connectivity index (χ0v) is 14.7. The average molecular weight is 377 g/mol. The van der Waals surface area contributed by atoms with E-state index in [1.54, 1.807) is 11.0 Å². The monoisotopic (exact) mass is 375 g/mol. The van der Waals surface area contributed by atoms with Crippen LogP contribution in [0.4, 0.5) is 4.79 Å². The maximum Gasteiger partial charge on any atom is 0.410 e. The van der Waals surface area contributed by atoms with E-state index >= 15 is 0 Å². The fraction of sp³-hybridized carbons (Fsp3) is 0.533. The van der Waals surface area contributed by atoms with Gasteiger partial charge in [0.15, 0.2) is 0 Å². The molecule has 4 nitrogen and oxygen atoms in total. The number of halogens is 2. The molecule has 0 spiro atoms. The van der Waals surface area contributed by atoms with Crippen LogP contribution < -0.4 is 4.74 Å². The lowest BCUT2D eigenvalue weighted by molar-refractivity contribution is -0.00781. The molecular formula is C15H19BrClNO3. The standard InChI is InChI=1S/C15H19BrClNO3/c1-15(2,3)21-14(19)18-7-10(8-18)9-20-13-6-11(16)4-5-12(13)17/h4-6,10H,7-9H2,1-3H3. The first-order valence-corrected chi connectivity index (χ1v) is 7.97. The summed E-state index contributed by atoms with van der Waals surface area (Å²) < 4.78 is 11.9. The molecule has 6 heteroatoms. The molecule has 1 amide bonds. The summed E-state index contributed by atoms with van der Waals surface area (Å²) in [5, 5.41) is 0.585. The van der Waals surface area contributed by atoms with Gasteiger partial charge in [0.1, 0.15) is 11.4 Å². The van der Waals surface area contributed by atoms with E-state index in [9.17, 15) is 4.79 Å². The Kier molecular flexibility index (Phi) is 5.04. The Labute approximate surface area is 138 Å². The van der Waals surface area contributed by atoms with Gasteiger partial charge in [-0.1, -0.05) is 27.5 Å². The van der Waals surface area contributed by atoms with Crippen LogP contribution in [0.5, 0.6) is 5.75 Å². The number of rotatable bonds is 3. The molecule has 21 heavy (non-hydrogen) atoms. The van der Waals surface area contributed by atoms with Crippen molar-refractivity contribution in [1.82, 2.24) is 4.90 Å². The van der Waals surface area contributed by atoms with Crippen molar-refractivity contribution in [3.63, 3.8) is 0 Å². The Morgan fingerprint density at radius 1 is 1.43 bits per heavy atom. The second-order valence-electron chi connectivity index (χ2n) is 6.14. The highest BCUT2D eigenvalue weighted by atomic mass is 79.9. The van der Waals surface area contributed by atoms with Gasteiger partial charge >= 0.3 is 6.09 Å². The zero-order chi connectivity index (χ0) is 15.6. The van der Waals surface area contributed by atoms with Crippen molar-refractivity contribution in [2.75, 3.05) is 19.7 Å². The van der Waals surface area contributed by atoms with E-state index < -0.39 is 5.60 Å². The largest absolute Gasteiger partial charge is 0.492 e. The molecule has 0 atom stereocenters. The summed E-state index contributed by atoms with van der Waals surface area (Å²) in [7, 11) is 0. The topological polar surface area (TPSA) is 38.8 Å². The molecule has 1 aliphatic heterocycles. The molecule has 1 fully saturated rings. The molecule has 0 unspecified atom stereocenters. The minimum absolute atomic E-state index is 0.265. The number of benzene rings is 1. The minimum Gasteiger partial charge on any atom is -0.492 e. The molecule has 0 aliphatic carbocycles. The Hall–Kier alpha value is -0.940. The molecule has 0 radical (unpaired) electrons. The van der Waals surface area contributed by atoms with Crippen molar-refractivity contribution >= 4 is 33.6 Å². The minimum atomic E-state index is -0.456. The van der Waals surface area contributed by atoms with Crippen molar-refractivity contribution in [1.29, 1.82) is 0 Å². The van der Waals surface area contributed by atoms with E-state index in [1.165, 1.54) is 0 Å². The van der Waals surface area contributed by atoms with E-state index in [0.29, 0.717) is 36.4 Å². The maximum atomic E-state index is 11.8. The van der Waals surface area contributed by atoms with Crippen LogP contribution in [-0.4, -0.2) is 36.3 Å². The highest BCUT2D eigenvalue weighted by Gasteiger charge is 2.34. The molecule has 2 rings (SSSR count). The first-order valence-electron chi connectivity index (χ1n) is 6.80. The fourth-order valence-corrected chi connectivity index (χ4v) is 2.46. The van der Waals surface area contributed by atoms with Gasteiger partial charge in [0, 0.05) is 23.5 Å². The van der Waals surface area contributed by atoms with E-state index in [0.717, 1.165) is 4.47 Å². The summed E-state index contributed by atoms with van der Waals surface area (Å²) in [6, 6.07) is 5.49. The normalized spacial score (nSPS) is 15.6. The zero-order valence-electron chi connectivity index (χ0n) is 12.4. The third kappa shape index (κ3) is 4.78. The average Bonchev–Trinajstić information content (AvgIpc) is 2.29. The Morgan fingerprint density at radius 3 is 2.71 bits per heavy atom. The summed E-state index contributed by atoms with van der Waals surface area (Å²) in [5.41, 5.74) is -0.456. The lowest BCUT2D eigenvalue weighted by Crippen LogP contribution is -2.53. The van der Waals surface area contributed by atoms with Gasteiger partial charge in [-0.05, 0) is 39.0 Å². The van der Waals surface area contributed by atoms with Crippen molar-refractivity contribution < 1.29 is 14.3 Å². The van der Waals surface area contributed by atoms with Crippen LogP contribution in [0.3, 0.4) is 0 Å². The van der Waals surface area contributed by atoms with Gasteiger partial charge in [-0.3, -0.25) is 0 Å². The third-order valence-corrected chi connectivity index (χ3v) is 3.78.